The lowest BCUT2D eigenvalue weighted by Crippen LogP contribution is -2.46. The third-order valence-corrected chi connectivity index (χ3v) is 6.01. The summed E-state index contributed by atoms with van der Waals surface area (Å²) in [6.07, 6.45) is 2.90. The number of aromatic nitrogens is 2. The van der Waals surface area contributed by atoms with Gasteiger partial charge in [0.25, 0.3) is 0 Å². The third kappa shape index (κ3) is 4.63. The zero-order valence-electron chi connectivity index (χ0n) is 18.0. The van der Waals surface area contributed by atoms with Crippen LogP contribution in [0.4, 0.5) is 22.2 Å². The van der Waals surface area contributed by atoms with Crippen LogP contribution in [-0.4, -0.2) is 76.5 Å². The van der Waals surface area contributed by atoms with Crippen LogP contribution in [0.2, 0.25) is 0 Å². The van der Waals surface area contributed by atoms with Gasteiger partial charge in [0.1, 0.15) is 5.82 Å². The van der Waals surface area contributed by atoms with Crippen LogP contribution in [0, 0.1) is 6.92 Å². The molecule has 2 amide bonds. The van der Waals surface area contributed by atoms with Gasteiger partial charge >= 0.3 is 6.03 Å². The molecule has 9 heteroatoms. The Morgan fingerprint density at radius 1 is 1.26 bits per heavy atom. The molecule has 0 radical (unpaired) electrons. The van der Waals surface area contributed by atoms with E-state index in [1.165, 1.54) is 0 Å². The third-order valence-electron chi connectivity index (χ3n) is 6.01. The summed E-state index contributed by atoms with van der Waals surface area (Å²) in [7, 11) is 1.74. The van der Waals surface area contributed by atoms with E-state index in [-0.39, 0.29) is 18.7 Å². The molecule has 2 aliphatic heterocycles. The number of rotatable bonds is 6. The first-order chi connectivity index (χ1) is 15.0. The molecule has 0 aliphatic carbocycles. The Morgan fingerprint density at radius 3 is 2.71 bits per heavy atom. The minimum Gasteiger partial charge on any atom is -0.394 e. The van der Waals surface area contributed by atoms with Crippen LogP contribution < -0.4 is 15.1 Å². The Morgan fingerprint density at radius 2 is 2.00 bits per heavy atom. The Bertz CT molecular complexity index is 931. The fraction of sp³-hybridized carbons (Fsp3) is 0.500. The Hall–Kier alpha value is -2.75. The number of anilines is 3. The molecule has 3 N–H and O–H groups in total. The van der Waals surface area contributed by atoms with E-state index in [0.29, 0.717) is 24.9 Å². The highest BCUT2D eigenvalue weighted by molar-refractivity contribution is 6.05. The molecule has 9 nitrogen and oxygen atoms in total. The largest absolute Gasteiger partial charge is 0.394 e. The average molecular weight is 427 g/mol. The van der Waals surface area contributed by atoms with Crippen LogP contribution >= 0.6 is 0 Å². The highest BCUT2D eigenvalue weighted by Crippen LogP contribution is 2.31. The summed E-state index contributed by atoms with van der Waals surface area (Å²) in [5.74, 6) is 1.16. The number of aryl methyl sites for hydroxylation is 1. The molecule has 1 aromatic carbocycles. The van der Waals surface area contributed by atoms with Gasteiger partial charge in [0.15, 0.2) is 0 Å². The number of amides is 2. The van der Waals surface area contributed by atoms with Gasteiger partial charge in [-0.25, -0.2) is 9.78 Å². The second-order valence-electron chi connectivity index (χ2n) is 8.31. The van der Waals surface area contributed by atoms with Crippen LogP contribution in [0.25, 0.3) is 0 Å². The highest BCUT2D eigenvalue weighted by Gasteiger charge is 2.31. The number of hydrogen-bond acceptors (Lipinski definition) is 7. The summed E-state index contributed by atoms with van der Waals surface area (Å²) in [6, 6.07) is 7.97. The van der Waals surface area contributed by atoms with E-state index in [4.69, 9.17) is 5.11 Å². The molecule has 31 heavy (non-hydrogen) atoms. The molecule has 1 atom stereocenters. The van der Waals surface area contributed by atoms with E-state index in [0.717, 1.165) is 42.7 Å². The maximum Gasteiger partial charge on any atom is 0.330 e. The van der Waals surface area contributed by atoms with Crippen molar-refractivity contribution in [3.05, 3.63) is 41.6 Å². The van der Waals surface area contributed by atoms with Gasteiger partial charge < -0.3 is 20.4 Å². The lowest BCUT2D eigenvalue weighted by molar-refractivity contribution is 0.0522. The number of nitrogens with zero attached hydrogens (tertiary/aromatic N) is 5. The zero-order chi connectivity index (χ0) is 22.0. The maximum atomic E-state index is 13.0. The fourth-order valence-corrected chi connectivity index (χ4v) is 4.23. The molecule has 0 bridgehead atoms. The number of likely N-dealkylation sites (tertiary alicyclic amines) is 1. The van der Waals surface area contributed by atoms with Crippen molar-refractivity contribution < 1.29 is 15.0 Å². The van der Waals surface area contributed by atoms with Crippen molar-refractivity contribution >= 4 is 23.5 Å². The van der Waals surface area contributed by atoms with E-state index < -0.39 is 6.10 Å². The second-order valence-corrected chi connectivity index (χ2v) is 8.31. The van der Waals surface area contributed by atoms with Gasteiger partial charge in [-0.3, -0.25) is 9.80 Å². The minimum absolute atomic E-state index is 0.109. The number of fused-ring (bicyclic) bond motifs is 1. The van der Waals surface area contributed by atoms with Gasteiger partial charge in [-0.2, -0.15) is 4.98 Å². The molecule has 3 heterocycles. The van der Waals surface area contributed by atoms with Gasteiger partial charge in [-0.1, -0.05) is 18.2 Å². The summed E-state index contributed by atoms with van der Waals surface area (Å²) >= 11 is 0. The molecule has 4 rings (SSSR count). The first-order valence-corrected chi connectivity index (χ1v) is 10.7. The van der Waals surface area contributed by atoms with Gasteiger partial charge in [0, 0.05) is 50.2 Å². The standard InChI is InChI=1S/C22H30N6O3/c1-15-5-3-4-6-19(15)28-12-16-11-23-21(25-20(16)26(2)22(28)31)24-17-7-9-27(10-8-17)13-18(30)14-29/h3-6,11,17-18,29-30H,7-10,12-14H2,1-2H3,(H,23,24,25). The second kappa shape index (κ2) is 9.17. The number of aliphatic hydroxyl groups excluding tert-OH is 2. The number of para-hydroxylation sites is 1. The Labute approximate surface area is 182 Å². The summed E-state index contributed by atoms with van der Waals surface area (Å²) < 4.78 is 0. The van der Waals surface area contributed by atoms with Gasteiger partial charge in [-0.05, 0) is 31.4 Å². The SMILES string of the molecule is Cc1ccccc1N1Cc2cnc(NC3CCN(CC(O)CO)CC3)nc2N(C)C1=O. The van der Waals surface area contributed by atoms with Crippen molar-refractivity contribution in [2.75, 3.05) is 48.4 Å². The molecule has 1 saturated heterocycles. The van der Waals surface area contributed by atoms with Crippen molar-refractivity contribution in [3.8, 4) is 0 Å². The highest BCUT2D eigenvalue weighted by atomic mass is 16.3. The molecular formula is C22H30N6O3. The Kier molecular flexibility index (Phi) is 6.35. The van der Waals surface area contributed by atoms with E-state index in [1.54, 1.807) is 23.0 Å². The molecule has 2 aromatic rings. The summed E-state index contributed by atoms with van der Waals surface area (Å²) in [6.45, 7) is 4.39. The number of urea groups is 1. The quantitative estimate of drug-likeness (QED) is 0.644. The van der Waals surface area contributed by atoms with Crippen LogP contribution in [0.15, 0.2) is 30.5 Å². The van der Waals surface area contributed by atoms with E-state index in [1.807, 2.05) is 31.2 Å². The van der Waals surface area contributed by atoms with Crippen LogP contribution in [-0.2, 0) is 6.54 Å². The van der Waals surface area contributed by atoms with Crippen molar-refractivity contribution in [2.45, 2.75) is 38.5 Å². The topological polar surface area (TPSA) is 105 Å². The maximum absolute atomic E-state index is 13.0. The predicted octanol–water partition coefficient (Wildman–Crippen LogP) is 1.59. The van der Waals surface area contributed by atoms with Gasteiger partial charge in [0.05, 0.1) is 19.3 Å². The van der Waals surface area contributed by atoms with Crippen LogP contribution in [0.3, 0.4) is 0 Å². The summed E-state index contributed by atoms with van der Waals surface area (Å²) in [5.41, 5.74) is 2.85. The molecule has 1 unspecified atom stereocenters. The van der Waals surface area contributed by atoms with Crippen LogP contribution in [0.1, 0.15) is 24.0 Å². The van der Waals surface area contributed by atoms with Gasteiger partial charge in [0.2, 0.25) is 5.95 Å². The Balaban J connectivity index is 1.43. The first-order valence-electron chi connectivity index (χ1n) is 10.7. The van der Waals surface area contributed by atoms with Crippen LogP contribution in [0.5, 0.6) is 0 Å². The molecule has 1 aromatic heterocycles. The lowest BCUT2D eigenvalue weighted by Gasteiger charge is -2.35. The molecule has 0 spiro atoms. The molecule has 2 aliphatic rings. The number of carbonyl (C=O) groups is 1. The van der Waals surface area contributed by atoms with Crippen molar-refractivity contribution in [3.63, 3.8) is 0 Å². The lowest BCUT2D eigenvalue weighted by atomic mass is 10.0. The van der Waals surface area contributed by atoms with E-state index in [2.05, 4.69) is 20.2 Å². The predicted molar refractivity (Wildman–Crippen MR) is 119 cm³/mol. The zero-order valence-corrected chi connectivity index (χ0v) is 18.0. The molecule has 0 saturated carbocycles. The minimum atomic E-state index is -0.694. The van der Waals surface area contributed by atoms with Crippen molar-refractivity contribution in [1.82, 2.24) is 14.9 Å². The monoisotopic (exact) mass is 426 g/mol. The number of piperidine rings is 1. The molecule has 166 valence electrons. The molecule has 1 fully saturated rings. The summed E-state index contributed by atoms with van der Waals surface area (Å²) in [4.78, 5) is 27.6. The number of aliphatic hydroxyl groups is 2. The van der Waals surface area contributed by atoms with E-state index >= 15 is 0 Å². The van der Waals surface area contributed by atoms with Crippen molar-refractivity contribution in [2.24, 2.45) is 0 Å². The smallest absolute Gasteiger partial charge is 0.330 e. The summed E-state index contributed by atoms with van der Waals surface area (Å²) in [5, 5.41) is 22.0. The number of carbonyl (C=O) groups excluding carboxylic acids is 1. The van der Waals surface area contributed by atoms with Gasteiger partial charge in [-0.15, -0.1) is 0 Å². The number of nitrogens with one attached hydrogen (secondary N) is 1. The average Bonchev–Trinajstić information content (AvgIpc) is 2.78. The number of β-amino-alcohol motifs (C(OH)–C–C–N with tert-alkyl or cyclic N) is 1. The molecular weight excluding hydrogens is 396 g/mol. The van der Waals surface area contributed by atoms with E-state index in [9.17, 15) is 9.90 Å². The number of hydrogen-bond donors (Lipinski definition) is 3. The number of benzene rings is 1. The van der Waals surface area contributed by atoms with Crippen molar-refractivity contribution in [1.29, 1.82) is 0 Å². The first kappa shape index (κ1) is 21.5. The normalized spacial score (nSPS) is 18.8. The fourth-order valence-electron chi connectivity index (χ4n) is 4.23.